The Kier molecular flexibility index (Phi) is 5.91. The third kappa shape index (κ3) is 3.16. The standard InChI is InChI=1S/C21H23NO8/c1-3-4-10-13(23)16(25)14-11-15(24)20(30-14)18(27)21(29-2,22-19(20)28)17(26)12-8-6-5-7-9-12/h4-11,13,16,18,23,25,27H,3H2,1-2H3,(H,22,28)/t13-,16-,18+,20+,21+/m0/s1. The van der Waals surface area contributed by atoms with E-state index in [9.17, 15) is 29.7 Å². The molecular weight excluding hydrogens is 394 g/mol. The highest BCUT2D eigenvalue weighted by atomic mass is 16.6. The fraction of sp³-hybridized carbons (Fsp3) is 0.381. The van der Waals surface area contributed by atoms with Gasteiger partial charge in [-0.05, 0) is 6.42 Å². The van der Waals surface area contributed by atoms with Crippen molar-refractivity contribution in [3.05, 3.63) is 59.9 Å². The molecule has 1 aromatic rings. The molecule has 0 bridgehead atoms. The zero-order valence-corrected chi connectivity index (χ0v) is 16.4. The van der Waals surface area contributed by atoms with Gasteiger partial charge >= 0.3 is 0 Å². The Bertz CT molecular complexity index is 911. The lowest BCUT2D eigenvalue weighted by atomic mass is 9.86. The quantitative estimate of drug-likeness (QED) is 0.267. The summed E-state index contributed by atoms with van der Waals surface area (Å²) in [6, 6.07) is 7.80. The van der Waals surface area contributed by atoms with Crippen molar-refractivity contribution in [3.63, 3.8) is 0 Å². The van der Waals surface area contributed by atoms with Gasteiger partial charge in [-0.1, -0.05) is 49.4 Å². The lowest BCUT2D eigenvalue weighted by Crippen LogP contribution is -2.60. The number of aliphatic hydroxyl groups is 3. The molecular formula is C21H23NO8. The van der Waals surface area contributed by atoms with E-state index in [1.807, 2.05) is 6.92 Å². The van der Waals surface area contributed by atoms with Gasteiger partial charge in [0.15, 0.2) is 6.10 Å². The number of hydrogen-bond donors (Lipinski definition) is 4. The molecule has 3 rings (SSSR count). The molecule has 0 unspecified atom stereocenters. The number of rotatable bonds is 7. The first-order valence-corrected chi connectivity index (χ1v) is 9.38. The molecule has 5 atom stereocenters. The number of Topliss-reactive ketones (excluding diaryl/α,β-unsaturated/α-hetero) is 1. The smallest absolute Gasteiger partial charge is 0.278 e. The summed E-state index contributed by atoms with van der Waals surface area (Å²) in [7, 11) is 1.10. The lowest BCUT2D eigenvalue weighted by Gasteiger charge is -2.32. The minimum absolute atomic E-state index is 0.134. The van der Waals surface area contributed by atoms with E-state index in [2.05, 4.69) is 5.32 Å². The van der Waals surface area contributed by atoms with Crippen molar-refractivity contribution in [2.75, 3.05) is 7.11 Å². The summed E-state index contributed by atoms with van der Waals surface area (Å²) >= 11 is 0. The van der Waals surface area contributed by atoms with Gasteiger partial charge < -0.3 is 30.1 Å². The molecule has 2 aliphatic heterocycles. The van der Waals surface area contributed by atoms with Crippen LogP contribution in [0.15, 0.2) is 54.3 Å². The summed E-state index contributed by atoms with van der Waals surface area (Å²) in [4.78, 5) is 38.6. The number of ether oxygens (including phenoxy) is 2. The van der Waals surface area contributed by atoms with Gasteiger partial charge in [0.25, 0.3) is 11.5 Å². The van der Waals surface area contributed by atoms with Gasteiger partial charge in [0.1, 0.15) is 18.0 Å². The predicted octanol–water partition coefficient (Wildman–Crippen LogP) is -0.387. The van der Waals surface area contributed by atoms with Gasteiger partial charge in [-0.25, -0.2) is 0 Å². The highest BCUT2D eigenvalue weighted by Gasteiger charge is 2.73. The average molecular weight is 417 g/mol. The number of aliphatic hydroxyl groups excluding tert-OH is 3. The predicted molar refractivity (Wildman–Crippen MR) is 103 cm³/mol. The van der Waals surface area contributed by atoms with Gasteiger partial charge in [0.05, 0.1) is 0 Å². The van der Waals surface area contributed by atoms with E-state index in [0.717, 1.165) is 13.2 Å². The normalized spacial score (nSPS) is 30.3. The molecule has 2 heterocycles. The van der Waals surface area contributed by atoms with Crippen LogP contribution in [0, 0.1) is 0 Å². The zero-order chi connectivity index (χ0) is 22.1. The van der Waals surface area contributed by atoms with Crippen LogP contribution in [-0.4, -0.2) is 69.5 Å². The Morgan fingerprint density at radius 1 is 1.30 bits per heavy atom. The summed E-state index contributed by atoms with van der Waals surface area (Å²) in [6.07, 6.45) is -0.772. The summed E-state index contributed by atoms with van der Waals surface area (Å²) < 4.78 is 10.6. The van der Waals surface area contributed by atoms with Crippen molar-refractivity contribution in [2.24, 2.45) is 0 Å². The van der Waals surface area contributed by atoms with E-state index < -0.39 is 52.9 Å². The van der Waals surface area contributed by atoms with Crippen molar-refractivity contribution in [3.8, 4) is 0 Å². The van der Waals surface area contributed by atoms with Crippen molar-refractivity contribution < 1.29 is 39.2 Å². The van der Waals surface area contributed by atoms with Crippen molar-refractivity contribution in [1.29, 1.82) is 0 Å². The number of carbonyl (C=O) groups is 3. The second kappa shape index (κ2) is 8.11. The number of carbonyl (C=O) groups excluding carboxylic acids is 3. The maximum absolute atomic E-state index is 13.1. The van der Waals surface area contributed by atoms with Crippen molar-refractivity contribution >= 4 is 17.5 Å². The molecule has 0 saturated carbocycles. The zero-order valence-electron chi connectivity index (χ0n) is 16.4. The average Bonchev–Trinajstić information content (AvgIpc) is 3.22. The van der Waals surface area contributed by atoms with Crippen molar-refractivity contribution in [1.82, 2.24) is 5.32 Å². The number of methoxy groups -OCH3 is 1. The Labute approximate surface area is 172 Å². The van der Waals surface area contributed by atoms with E-state index in [4.69, 9.17) is 9.47 Å². The Morgan fingerprint density at radius 2 is 1.97 bits per heavy atom. The third-order valence-electron chi connectivity index (χ3n) is 5.20. The number of amides is 1. The molecule has 0 radical (unpaired) electrons. The fourth-order valence-corrected chi connectivity index (χ4v) is 3.53. The first-order valence-electron chi connectivity index (χ1n) is 9.38. The fourth-order valence-electron chi connectivity index (χ4n) is 3.53. The highest BCUT2D eigenvalue weighted by Crippen LogP contribution is 2.41. The van der Waals surface area contributed by atoms with E-state index in [1.54, 1.807) is 24.3 Å². The molecule has 1 amide bonds. The molecule has 4 N–H and O–H groups in total. The van der Waals surface area contributed by atoms with E-state index in [-0.39, 0.29) is 5.56 Å². The number of allylic oxidation sites excluding steroid dienone is 1. The Morgan fingerprint density at radius 3 is 2.57 bits per heavy atom. The van der Waals surface area contributed by atoms with Gasteiger partial charge in [-0.3, -0.25) is 14.4 Å². The molecule has 0 aliphatic carbocycles. The maximum atomic E-state index is 13.1. The monoisotopic (exact) mass is 417 g/mol. The molecule has 9 nitrogen and oxygen atoms in total. The van der Waals surface area contributed by atoms with Crippen molar-refractivity contribution in [2.45, 2.75) is 43.0 Å². The minimum Gasteiger partial charge on any atom is -0.467 e. The third-order valence-corrected chi connectivity index (χ3v) is 5.20. The molecule has 160 valence electrons. The SMILES string of the molecule is CCC=C[C@H](O)[C@H](O)C1=CC(=O)[C@]2(O1)C(=O)N[C@@](OC)(C(=O)c1ccccc1)[C@@H]2O. The second-order valence-electron chi connectivity index (χ2n) is 7.01. The highest BCUT2D eigenvalue weighted by molar-refractivity contribution is 6.21. The Hall–Kier alpha value is -2.85. The molecule has 1 saturated heterocycles. The van der Waals surface area contributed by atoms with Gasteiger partial charge in [0.2, 0.25) is 17.3 Å². The van der Waals surface area contributed by atoms with Crippen LogP contribution in [0.3, 0.4) is 0 Å². The molecule has 0 aromatic heterocycles. The van der Waals surface area contributed by atoms with Crippen LogP contribution in [0.4, 0.5) is 0 Å². The lowest BCUT2D eigenvalue weighted by molar-refractivity contribution is -0.163. The largest absolute Gasteiger partial charge is 0.467 e. The van der Waals surface area contributed by atoms with Crippen LogP contribution >= 0.6 is 0 Å². The van der Waals surface area contributed by atoms with Crippen LogP contribution in [-0.2, 0) is 19.1 Å². The number of nitrogens with one attached hydrogen (secondary N) is 1. The van der Waals surface area contributed by atoms with Gasteiger partial charge in [-0.2, -0.15) is 0 Å². The minimum atomic E-state index is -2.52. The molecule has 9 heteroatoms. The molecule has 2 aliphatic rings. The summed E-state index contributed by atoms with van der Waals surface area (Å²) in [5.74, 6) is -3.25. The Balaban J connectivity index is 1.94. The van der Waals surface area contributed by atoms with Crippen LogP contribution in [0.2, 0.25) is 0 Å². The maximum Gasteiger partial charge on any atom is 0.278 e. The number of benzene rings is 1. The molecule has 30 heavy (non-hydrogen) atoms. The van der Waals surface area contributed by atoms with Crippen LogP contribution in [0.5, 0.6) is 0 Å². The first kappa shape index (κ1) is 21.8. The second-order valence-corrected chi connectivity index (χ2v) is 7.01. The molecule has 1 spiro atoms. The van der Waals surface area contributed by atoms with E-state index in [0.29, 0.717) is 6.42 Å². The number of hydrogen-bond acceptors (Lipinski definition) is 8. The van der Waals surface area contributed by atoms with Gasteiger partial charge in [0, 0.05) is 18.7 Å². The summed E-state index contributed by atoms with van der Waals surface area (Å²) in [5.41, 5.74) is -4.66. The number of ketones is 2. The van der Waals surface area contributed by atoms with Gasteiger partial charge in [-0.15, -0.1) is 0 Å². The topological polar surface area (TPSA) is 142 Å². The van der Waals surface area contributed by atoms with Crippen LogP contribution < -0.4 is 5.32 Å². The van der Waals surface area contributed by atoms with Crippen LogP contribution in [0.25, 0.3) is 0 Å². The van der Waals surface area contributed by atoms with E-state index >= 15 is 0 Å². The summed E-state index contributed by atoms with van der Waals surface area (Å²) in [6.45, 7) is 1.83. The molecule has 1 aromatic carbocycles. The molecule has 1 fully saturated rings. The van der Waals surface area contributed by atoms with E-state index in [1.165, 1.54) is 18.2 Å². The van der Waals surface area contributed by atoms with Crippen LogP contribution in [0.1, 0.15) is 23.7 Å². The summed E-state index contributed by atoms with van der Waals surface area (Å²) in [5, 5.41) is 33.6. The first-order chi connectivity index (χ1) is 14.2.